The van der Waals surface area contributed by atoms with Crippen LogP contribution in [0.25, 0.3) is 0 Å². The minimum atomic E-state index is -0.656. The molecule has 0 amide bonds. The Hall–Kier alpha value is -4.32. The monoisotopic (exact) mass is 634 g/mol. The molecule has 6 aromatic carbocycles. The lowest BCUT2D eigenvalue weighted by Gasteiger charge is -2.31. The highest BCUT2D eigenvalue weighted by Crippen LogP contribution is 2.36. The van der Waals surface area contributed by atoms with Crippen LogP contribution in [0, 0.1) is 0 Å². The average molecular weight is 635 g/mol. The van der Waals surface area contributed by atoms with Crippen molar-refractivity contribution in [1.29, 1.82) is 0 Å². The van der Waals surface area contributed by atoms with Gasteiger partial charge in [0.05, 0.1) is 12.1 Å². The van der Waals surface area contributed by atoms with Crippen molar-refractivity contribution in [3.05, 3.63) is 205 Å². The summed E-state index contributed by atoms with van der Waals surface area (Å²) in [5, 5.41) is 13.4. The van der Waals surface area contributed by atoms with Gasteiger partial charge in [0.2, 0.25) is 0 Å². The number of rotatable bonds is 14. The van der Waals surface area contributed by atoms with Crippen LogP contribution in [0.4, 0.5) is 0 Å². The molecule has 6 aromatic rings. The molecule has 6 rings (SSSR count). The molecular weight excluding hydrogens is 594 g/mol. The van der Waals surface area contributed by atoms with Crippen LogP contribution in [0.3, 0.4) is 0 Å². The molecular formula is C42H40N2P2. The molecule has 0 unspecified atom stereocenters. The highest BCUT2D eigenvalue weighted by Gasteiger charge is 2.25. The first kappa shape index (κ1) is 31.7. The van der Waals surface area contributed by atoms with Gasteiger partial charge in [0.1, 0.15) is 0 Å². The highest BCUT2D eigenvalue weighted by atomic mass is 31.1. The summed E-state index contributed by atoms with van der Waals surface area (Å²) < 4.78 is 0. The summed E-state index contributed by atoms with van der Waals surface area (Å²) in [6.45, 7) is 0.893. The Morgan fingerprint density at radius 2 is 0.804 bits per heavy atom. The molecule has 2 atom stereocenters. The lowest BCUT2D eigenvalue weighted by atomic mass is 9.93. The lowest BCUT2D eigenvalue weighted by molar-refractivity contribution is 0.426. The van der Waals surface area contributed by atoms with Gasteiger partial charge in [-0.05, 0) is 66.4 Å². The van der Waals surface area contributed by atoms with E-state index in [0.717, 1.165) is 12.7 Å². The van der Waals surface area contributed by atoms with E-state index in [0.29, 0.717) is 0 Å². The van der Waals surface area contributed by atoms with Gasteiger partial charge in [-0.25, -0.2) is 0 Å². The molecule has 2 N–H and O–H groups in total. The second kappa shape index (κ2) is 16.8. The van der Waals surface area contributed by atoms with Crippen LogP contribution in [-0.4, -0.2) is 12.7 Å². The Balaban J connectivity index is 1.29. The maximum atomic E-state index is 4.03. The Morgan fingerprint density at radius 1 is 0.435 bits per heavy atom. The fraction of sp³-hybridized carbons (Fsp3) is 0.0952. The van der Waals surface area contributed by atoms with Crippen molar-refractivity contribution in [2.75, 3.05) is 12.7 Å². The summed E-state index contributed by atoms with van der Waals surface area (Å²) in [6, 6.07) is 65.5. The first-order chi connectivity index (χ1) is 22.9. The van der Waals surface area contributed by atoms with Crippen molar-refractivity contribution in [3.8, 4) is 0 Å². The van der Waals surface area contributed by atoms with Gasteiger partial charge >= 0.3 is 0 Å². The van der Waals surface area contributed by atoms with Crippen molar-refractivity contribution in [2.24, 2.45) is 0 Å². The van der Waals surface area contributed by atoms with Crippen LogP contribution in [0.2, 0.25) is 0 Å². The minimum Gasteiger partial charge on any atom is -0.382 e. The second-order valence-electron chi connectivity index (χ2n) is 11.1. The van der Waals surface area contributed by atoms with E-state index in [1.807, 2.05) is 0 Å². The minimum absolute atomic E-state index is 0.0305. The third-order valence-corrected chi connectivity index (χ3v) is 12.7. The second-order valence-corrected chi connectivity index (χ2v) is 15.5. The van der Waals surface area contributed by atoms with E-state index in [4.69, 9.17) is 0 Å². The van der Waals surface area contributed by atoms with Gasteiger partial charge < -0.3 is 10.6 Å². The van der Waals surface area contributed by atoms with Crippen LogP contribution in [0.1, 0.15) is 23.2 Å². The number of nitrogens with one attached hydrogen (secondary N) is 2. The molecule has 0 heterocycles. The van der Waals surface area contributed by atoms with Crippen molar-refractivity contribution >= 4 is 37.1 Å². The summed E-state index contributed by atoms with van der Waals surface area (Å²) in [5.74, 6) is 2.36. The number of hydrogen-bond acceptors (Lipinski definition) is 2. The molecule has 228 valence electrons. The van der Waals surface area contributed by atoms with Gasteiger partial charge in [0.15, 0.2) is 0 Å². The third kappa shape index (κ3) is 8.48. The first-order valence-electron chi connectivity index (χ1n) is 15.9. The molecule has 0 saturated carbocycles. The quantitative estimate of drug-likeness (QED) is 0.118. The van der Waals surface area contributed by atoms with Gasteiger partial charge in [-0.2, -0.15) is 0 Å². The smallest absolute Gasteiger partial charge is 0.0703 e. The molecule has 0 aliphatic carbocycles. The lowest BCUT2D eigenvalue weighted by Crippen LogP contribution is -2.35. The number of hydrogen-bond donors (Lipinski definition) is 2. The molecule has 0 aromatic heterocycles. The predicted molar refractivity (Wildman–Crippen MR) is 202 cm³/mol. The van der Waals surface area contributed by atoms with E-state index in [9.17, 15) is 0 Å². The molecule has 0 fully saturated rings. The molecule has 0 spiro atoms. The molecule has 0 aliphatic rings. The molecule has 0 radical (unpaired) electrons. The van der Waals surface area contributed by atoms with E-state index in [2.05, 4.69) is 205 Å². The van der Waals surface area contributed by atoms with Crippen molar-refractivity contribution in [3.63, 3.8) is 0 Å². The number of benzene rings is 6. The van der Waals surface area contributed by atoms with Crippen LogP contribution in [-0.2, 0) is 0 Å². The first-order valence-corrected chi connectivity index (χ1v) is 18.8. The zero-order chi connectivity index (χ0) is 31.2. The zero-order valence-electron chi connectivity index (χ0n) is 25.9. The van der Waals surface area contributed by atoms with Crippen molar-refractivity contribution in [1.82, 2.24) is 10.6 Å². The van der Waals surface area contributed by atoms with Crippen LogP contribution in [0.5, 0.6) is 0 Å². The Kier molecular flexibility index (Phi) is 11.6. The molecule has 4 heteroatoms. The molecule has 46 heavy (non-hydrogen) atoms. The SMILES string of the molecule is C(=C/P(c1ccccc1)c1ccccc1)/N[C@@H](c1ccccc1)[C@@H](NCCP(c1ccccc1)c1ccccc1)c1ccccc1. The topological polar surface area (TPSA) is 24.1 Å². The van der Waals surface area contributed by atoms with Gasteiger partial charge in [-0.3, -0.25) is 0 Å². The van der Waals surface area contributed by atoms with Crippen LogP contribution in [0.15, 0.2) is 194 Å². The van der Waals surface area contributed by atoms with E-state index in [1.165, 1.54) is 32.3 Å². The van der Waals surface area contributed by atoms with E-state index in [-0.39, 0.29) is 12.1 Å². The largest absolute Gasteiger partial charge is 0.382 e. The highest BCUT2D eigenvalue weighted by molar-refractivity contribution is 7.75. The van der Waals surface area contributed by atoms with Crippen LogP contribution >= 0.6 is 15.8 Å². The average Bonchev–Trinajstić information content (AvgIpc) is 3.14. The summed E-state index contributed by atoms with van der Waals surface area (Å²) in [6.07, 6.45) is 3.25. The maximum Gasteiger partial charge on any atom is 0.0703 e. The van der Waals surface area contributed by atoms with E-state index >= 15 is 0 Å². The van der Waals surface area contributed by atoms with Crippen molar-refractivity contribution in [2.45, 2.75) is 12.1 Å². The Bertz CT molecular complexity index is 1650. The summed E-state index contributed by atoms with van der Waals surface area (Å²) in [5.41, 5.74) is 2.53. The Labute approximate surface area is 276 Å². The van der Waals surface area contributed by atoms with E-state index < -0.39 is 15.8 Å². The normalized spacial score (nSPS) is 12.7. The zero-order valence-corrected chi connectivity index (χ0v) is 27.7. The van der Waals surface area contributed by atoms with Gasteiger partial charge in [0, 0.05) is 6.54 Å². The van der Waals surface area contributed by atoms with Gasteiger partial charge in [-0.1, -0.05) is 182 Å². The molecule has 0 saturated heterocycles. The summed E-state index contributed by atoms with van der Waals surface area (Å²) in [7, 11) is -1.15. The fourth-order valence-corrected chi connectivity index (χ4v) is 9.90. The predicted octanol–water partition coefficient (Wildman–Crippen LogP) is 8.39. The summed E-state index contributed by atoms with van der Waals surface area (Å²) in [4.78, 5) is 0. The molecule has 0 aliphatic heterocycles. The molecule has 0 bridgehead atoms. The van der Waals surface area contributed by atoms with E-state index in [1.54, 1.807) is 0 Å². The maximum absolute atomic E-state index is 4.03. The molecule has 2 nitrogen and oxygen atoms in total. The standard InChI is InChI=1S/C42H40N2P2/c1-7-19-35(20-8-1)41(43-31-33-45(37-23-11-3-12-24-37)38-25-13-4-14-26-38)42(36-21-9-2-10-22-36)44-32-34-46(39-27-15-5-16-28-39)40-29-17-6-18-30-40/h1-31,33,41-44H,32,34H2/b33-31-/t41-,42-/m0/s1. The van der Waals surface area contributed by atoms with Crippen LogP contribution < -0.4 is 31.9 Å². The fourth-order valence-electron chi connectivity index (χ4n) is 5.81. The summed E-state index contributed by atoms with van der Waals surface area (Å²) >= 11 is 0. The Morgan fingerprint density at radius 3 is 1.24 bits per heavy atom. The van der Waals surface area contributed by atoms with Gasteiger partial charge in [-0.15, -0.1) is 0 Å². The third-order valence-electron chi connectivity index (χ3n) is 8.05. The van der Waals surface area contributed by atoms with Crippen molar-refractivity contribution < 1.29 is 0 Å². The van der Waals surface area contributed by atoms with Gasteiger partial charge in [0.25, 0.3) is 0 Å².